The van der Waals surface area contributed by atoms with Crippen LogP contribution < -0.4 is 0 Å². The molecule has 0 N–H and O–H groups in total. The van der Waals surface area contributed by atoms with Crippen molar-refractivity contribution in [2.24, 2.45) is 40.9 Å². The summed E-state index contributed by atoms with van der Waals surface area (Å²) in [5.74, 6) is 5.66. The van der Waals surface area contributed by atoms with Crippen molar-refractivity contribution >= 4 is 0 Å². The second kappa shape index (κ2) is 11.8. The lowest BCUT2D eigenvalue weighted by Crippen LogP contribution is -2.28. The monoisotopic (exact) mass is 364 g/mol. The molecule has 0 saturated heterocycles. The first-order valence-electron chi connectivity index (χ1n) is 12.2. The quantitative estimate of drug-likeness (QED) is 0.305. The van der Waals surface area contributed by atoms with Gasteiger partial charge >= 0.3 is 0 Å². The zero-order chi connectivity index (χ0) is 19.7. The van der Waals surface area contributed by atoms with E-state index in [0.717, 1.165) is 35.5 Å². The fourth-order valence-corrected chi connectivity index (χ4v) is 5.61. The number of unbranched alkanes of at least 4 members (excludes halogenated alkanes) is 1. The Morgan fingerprint density at radius 3 is 2.12 bits per heavy atom. The zero-order valence-electron chi connectivity index (χ0n) is 19.7. The fourth-order valence-electron chi connectivity index (χ4n) is 5.61. The Kier molecular flexibility index (Phi) is 10.9. The topological polar surface area (TPSA) is 0 Å². The van der Waals surface area contributed by atoms with Gasteiger partial charge in [0, 0.05) is 0 Å². The lowest BCUT2D eigenvalue weighted by Gasteiger charge is -2.38. The molecular formula is C26H52. The van der Waals surface area contributed by atoms with Gasteiger partial charge in [-0.15, -0.1) is 0 Å². The second-order valence-corrected chi connectivity index (χ2v) is 10.8. The lowest BCUT2D eigenvalue weighted by atomic mass is 9.67. The van der Waals surface area contributed by atoms with Crippen LogP contribution in [0, 0.1) is 40.9 Å². The Balaban J connectivity index is 2.63. The van der Waals surface area contributed by atoms with E-state index in [9.17, 15) is 0 Å². The van der Waals surface area contributed by atoms with Gasteiger partial charge in [0.1, 0.15) is 0 Å². The molecule has 0 heterocycles. The van der Waals surface area contributed by atoms with E-state index < -0.39 is 0 Å². The van der Waals surface area contributed by atoms with E-state index in [0.29, 0.717) is 5.41 Å². The molecule has 0 aromatic carbocycles. The molecule has 1 aliphatic rings. The van der Waals surface area contributed by atoms with Crippen molar-refractivity contribution in [3.63, 3.8) is 0 Å². The van der Waals surface area contributed by atoms with Crippen LogP contribution in [0.1, 0.15) is 126 Å². The molecule has 1 aliphatic carbocycles. The minimum Gasteiger partial charge on any atom is -0.0654 e. The molecule has 6 atom stereocenters. The van der Waals surface area contributed by atoms with Gasteiger partial charge in [-0.05, 0) is 73.0 Å². The van der Waals surface area contributed by atoms with Crippen LogP contribution in [0.25, 0.3) is 0 Å². The molecule has 6 unspecified atom stereocenters. The van der Waals surface area contributed by atoms with Gasteiger partial charge in [-0.1, -0.05) is 93.9 Å². The van der Waals surface area contributed by atoms with Gasteiger partial charge in [-0.25, -0.2) is 0 Å². The van der Waals surface area contributed by atoms with E-state index in [-0.39, 0.29) is 0 Å². The van der Waals surface area contributed by atoms with Crippen molar-refractivity contribution in [3.05, 3.63) is 0 Å². The largest absolute Gasteiger partial charge is 0.0654 e. The van der Waals surface area contributed by atoms with Crippen LogP contribution in [0.4, 0.5) is 0 Å². The standard InChI is InChI=1S/C26H52/c1-9-12-13-25(24-16-14-20(4)18-24)19-26(7,8)22(6)15-17-23(11-3)21(5)10-2/h20-25H,9-19H2,1-8H3. The predicted octanol–water partition coefficient (Wildman–Crippen LogP) is 9.13. The Morgan fingerprint density at radius 2 is 1.62 bits per heavy atom. The van der Waals surface area contributed by atoms with Crippen LogP contribution in [-0.4, -0.2) is 0 Å². The van der Waals surface area contributed by atoms with Crippen LogP contribution in [0.5, 0.6) is 0 Å². The second-order valence-electron chi connectivity index (χ2n) is 10.8. The van der Waals surface area contributed by atoms with Crippen molar-refractivity contribution in [2.45, 2.75) is 126 Å². The van der Waals surface area contributed by atoms with E-state index >= 15 is 0 Å². The molecule has 0 aromatic rings. The van der Waals surface area contributed by atoms with Crippen LogP contribution in [0.3, 0.4) is 0 Å². The molecule has 0 nitrogen and oxygen atoms in total. The van der Waals surface area contributed by atoms with Crippen LogP contribution >= 0.6 is 0 Å². The molecule has 0 aliphatic heterocycles. The number of hydrogen-bond donors (Lipinski definition) is 0. The summed E-state index contributed by atoms with van der Waals surface area (Å²) in [5.41, 5.74) is 0.498. The first-order valence-corrected chi connectivity index (χ1v) is 12.2. The molecule has 0 spiro atoms. The molecule has 0 bridgehead atoms. The Hall–Kier alpha value is 0. The molecule has 26 heavy (non-hydrogen) atoms. The summed E-state index contributed by atoms with van der Waals surface area (Å²) in [7, 11) is 0. The highest BCUT2D eigenvalue weighted by molar-refractivity contribution is 4.85. The lowest BCUT2D eigenvalue weighted by molar-refractivity contribution is 0.121. The van der Waals surface area contributed by atoms with Gasteiger partial charge in [0.2, 0.25) is 0 Å². The van der Waals surface area contributed by atoms with E-state index in [1.165, 1.54) is 70.6 Å². The van der Waals surface area contributed by atoms with Gasteiger partial charge in [0.25, 0.3) is 0 Å². The van der Waals surface area contributed by atoms with E-state index in [1.54, 1.807) is 0 Å². The molecular weight excluding hydrogens is 312 g/mol. The van der Waals surface area contributed by atoms with Gasteiger partial charge in [-0.3, -0.25) is 0 Å². The molecule has 1 rings (SSSR count). The SMILES string of the molecule is CCCCC(CC(C)(C)C(C)CCC(CC)C(C)CC)C1CCC(C)C1. The van der Waals surface area contributed by atoms with Gasteiger partial charge in [0.15, 0.2) is 0 Å². The van der Waals surface area contributed by atoms with Crippen molar-refractivity contribution in [1.82, 2.24) is 0 Å². The van der Waals surface area contributed by atoms with Gasteiger partial charge in [-0.2, -0.15) is 0 Å². The Labute approximate surface area is 167 Å². The Bertz CT molecular complexity index is 355. The summed E-state index contributed by atoms with van der Waals surface area (Å²) in [6, 6.07) is 0. The van der Waals surface area contributed by atoms with Crippen LogP contribution in [0.15, 0.2) is 0 Å². The van der Waals surface area contributed by atoms with Crippen molar-refractivity contribution in [1.29, 1.82) is 0 Å². The third kappa shape index (κ3) is 7.55. The fraction of sp³-hybridized carbons (Fsp3) is 1.00. The zero-order valence-corrected chi connectivity index (χ0v) is 19.7. The third-order valence-electron chi connectivity index (χ3n) is 8.40. The molecule has 1 fully saturated rings. The molecule has 0 radical (unpaired) electrons. The smallest absolute Gasteiger partial charge is 0.0326 e. The van der Waals surface area contributed by atoms with Crippen molar-refractivity contribution < 1.29 is 0 Å². The van der Waals surface area contributed by atoms with Crippen LogP contribution in [-0.2, 0) is 0 Å². The normalized spacial score (nSPS) is 25.8. The first kappa shape index (κ1) is 24.0. The summed E-state index contributed by atoms with van der Waals surface area (Å²) >= 11 is 0. The summed E-state index contributed by atoms with van der Waals surface area (Å²) in [6.07, 6.45) is 15.8. The third-order valence-corrected chi connectivity index (χ3v) is 8.40. The van der Waals surface area contributed by atoms with Crippen molar-refractivity contribution in [2.75, 3.05) is 0 Å². The van der Waals surface area contributed by atoms with Crippen LogP contribution in [0.2, 0.25) is 0 Å². The molecule has 0 heteroatoms. The summed E-state index contributed by atoms with van der Waals surface area (Å²) < 4.78 is 0. The molecule has 1 saturated carbocycles. The maximum absolute atomic E-state index is 2.58. The van der Waals surface area contributed by atoms with E-state index in [4.69, 9.17) is 0 Å². The molecule has 156 valence electrons. The van der Waals surface area contributed by atoms with Crippen molar-refractivity contribution in [3.8, 4) is 0 Å². The predicted molar refractivity (Wildman–Crippen MR) is 120 cm³/mol. The average molecular weight is 365 g/mol. The highest BCUT2D eigenvalue weighted by atomic mass is 14.4. The summed E-state index contributed by atoms with van der Waals surface area (Å²) in [6.45, 7) is 19.8. The number of hydrogen-bond acceptors (Lipinski definition) is 0. The van der Waals surface area contributed by atoms with E-state index in [2.05, 4.69) is 55.4 Å². The maximum Gasteiger partial charge on any atom is -0.0326 e. The first-order chi connectivity index (χ1) is 12.2. The average Bonchev–Trinajstić information content (AvgIpc) is 3.04. The van der Waals surface area contributed by atoms with E-state index in [1.807, 2.05) is 0 Å². The van der Waals surface area contributed by atoms with Gasteiger partial charge < -0.3 is 0 Å². The highest BCUT2D eigenvalue weighted by Gasteiger charge is 2.35. The minimum absolute atomic E-state index is 0.498. The van der Waals surface area contributed by atoms with Gasteiger partial charge in [0.05, 0.1) is 0 Å². The highest BCUT2D eigenvalue weighted by Crippen LogP contribution is 2.45. The summed E-state index contributed by atoms with van der Waals surface area (Å²) in [5, 5.41) is 0. The number of rotatable bonds is 13. The maximum atomic E-state index is 2.58. The Morgan fingerprint density at radius 1 is 0.923 bits per heavy atom. The summed E-state index contributed by atoms with van der Waals surface area (Å²) in [4.78, 5) is 0. The molecule has 0 aromatic heterocycles. The molecule has 0 amide bonds. The minimum atomic E-state index is 0.498.